The molecule has 20 nitrogen and oxygen atoms in total. The number of tetrazole rings is 1. The molecule has 2 saturated heterocycles. The third-order valence-corrected chi connectivity index (χ3v) is 17.8. The van der Waals surface area contributed by atoms with Crippen LogP contribution < -0.4 is 4.90 Å². The first kappa shape index (κ1) is 54.9. The molecular formula is C44H76ClN8O12PSi2. The molecule has 0 radical (unpaired) electrons. The van der Waals surface area contributed by atoms with E-state index in [2.05, 4.69) is 64.8 Å². The Morgan fingerprint density at radius 3 is 2.19 bits per heavy atom. The zero-order valence-corrected chi connectivity index (χ0v) is 46.1. The van der Waals surface area contributed by atoms with Gasteiger partial charge in [-0.1, -0.05) is 52.1 Å². The first-order valence-electron chi connectivity index (χ1n) is 24.0. The Hall–Kier alpha value is -2.45. The molecule has 1 aliphatic carbocycles. The van der Waals surface area contributed by atoms with E-state index in [1.165, 1.54) is 4.80 Å². The molecule has 3 aromatic rings. The fourth-order valence-electron chi connectivity index (χ4n) is 8.34. The van der Waals surface area contributed by atoms with E-state index >= 15 is 4.57 Å². The molecule has 1 amide bonds. The van der Waals surface area contributed by atoms with Crippen molar-refractivity contribution >= 4 is 52.8 Å². The van der Waals surface area contributed by atoms with Gasteiger partial charge in [0.25, 0.3) is 0 Å². The molecule has 0 bridgehead atoms. The molecule has 3 fully saturated rings. The van der Waals surface area contributed by atoms with Gasteiger partial charge in [-0.2, -0.15) is 4.98 Å². The van der Waals surface area contributed by atoms with Crippen molar-refractivity contribution in [3.8, 4) is 0 Å². The van der Waals surface area contributed by atoms with Crippen LogP contribution in [0.2, 0.25) is 56.7 Å². The number of hydrogen-bond donors (Lipinski definition) is 0. The van der Waals surface area contributed by atoms with Crippen LogP contribution in [0.1, 0.15) is 91.8 Å². The molecule has 5 heterocycles. The SMILES string of the molecule is CCOP(=O)(OCC)[C@@](COCC[Si](C)(C)C)(COCc1nnn(COCC[Si](C)(C)C)n1)OC[C@H]1O[C@H](c2ccc3c(N(C(=O)OC(C)(C)C)C4CCCC4)nc(Cl)nn23)[C@@H]2OC(C)(C)O[C@@H]21. The molecular weight excluding hydrogens is 955 g/mol. The smallest absolute Gasteiger partial charge is 0.416 e. The number of carbonyl (C=O) groups excluding carboxylic acids is 1. The van der Waals surface area contributed by atoms with Crippen LogP contribution >= 0.6 is 19.2 Å². The largest absolute Gasteiger partial charge is 0.443 e. The number of ether oxygens (including phenoxy) is 8. The molecule has 2 aliphatic heterocycles. The van der Waals surface area contributed by atoms with E-state index in [9.17, 15) is 4.79 Å². The number of fused-ring (bicyclic) bond motifs is 2. The second-order valence-electron chi connectivity index (χ2n) is 21.6. The molecule has 3 aliphatic rings. The second kappa shape index (κ2) is 22.5. The quantitative estimate of drug-likeness (QED) is 0.0442. The Bertz CT molecular complexity index is 2170. The number of hydrogen-bond acceptors (Lipinski definition) is 17. The van der Waals surface area contributed by atoms with Crippen molar-refractivity contribution in [3.05, 3.63) is 28.9 Å². The van der Waals surface area contributed by atoms with Gasteiger partial charge in [-0.3, -0.25) is 9.46 Å². The minimum absolute atomic E-state index is 0.0580. The lowest BCUT2D eigenvalue weighted by molar-refractivity contribution is -0.200. The van der Waals surface area contributed by atoms with Gasteiger partial charge in [-0.15, -0.1) is 20.1 Å². The van der Waals surface area contributed by atoms with Gasteiger partial charge in [0.05, 0.1) is 38.7 Å². The van der Waals surface area contributed by atoms with Gasteiger partial charge in [-0.25, -0.2) is 9.31 Å². The van der Waals surface area contributed by atoms with E-state index in [0.29, 0.717) is 36.1 Å². The molecule has 0 spiro atoms. The average Bonchev–Trinajstić information content (AvgIpc) is 4.07. The second-order valence-corrected chi connectivity index (χ2v) is 35.5. The van der Waals surface area contributed by atoms with Crippen molar-refractivity contribution in [3.63, 3.8) is 0 Å². The zero-order valence-electron chi connectivity index (χ0n) is 42.4. The van der Waals surface area contributed by atoms with Gasteiger partial charge in [0, 0.05) is 35.4 Å². The molecule has 0 N–H and O–H groups in total. The highest BCUT2D eigenvalue weighted by Gasteiger charge is 2.59. The zero-order chi connectivity index (χ0) is 49.7. The number of aromatic nitrogens is 7. The van der Waals surface area contributed by atoms with Gasteiger partial charge in [0.15, 0.2) is 24.2 Å². The van der Waals surface area contributed by atoms with E-state index in [4.69, 9.17) is 58.5 Å². The van der Waals surface area contributed by atoms with Crippen molar-refractivity contribution in [1.82, 2.24) is 34.8 Å². The van der Waals surface area contributed by atoms with E-state index in [1.807, 2.05) is 46.8 Å². The minimum Gasteiger partial charge on any atom is -0.443 e. The maximum atomic E-state index is 15.2. The van der Waals surface area contributed by atoms with Gasteiger partial charge in [-0.05, 0) is 102 Å². The highest BCUT2D eigenvalue weighted by atomic mass is 35.5. The maximum absolute atomic E-state index is 15.2. The highest BCUT2D eigenvalue weighted by Crippen LogP contribution is 2.61. The van der Waals surface area contributed by atoms with Crippen LogP contribution in [0.5, 0.6) is 0 Å². The van der Waals surface area contributed by atoms with Crippen molar-refractivity contribution in [1.29, 1.82) is 0 Å². The van der Waals surface area contributed by atoms with Crippen LogP contribution in [0.4, 0.5) is 10.6 Å². The van der Waals surface area contributed by atoms with Gasteiger partial charge in [0.1, 0.15) is 42.1 Å². The summed E-state index contributed by atoms with van der Waals surface area (Å²) in [6.45, 7) is 26.8. The predicted octanol–water partition coefficient (Wildman–Crippen LogP) is 8.88. The molecule has 384 valence electrons. The third kappa shape index (κ3) is 14.2. The Morgan fingerprint density at radius 1 is 0.926 bits per heavy atom. The topological polar surface area (TPSA) is 203 Å². The summed E-state index contributed by atoms with van der Waals surface area (Å²) in [5.41, 5.74) is 0.375. The fraction of sp³-hybridized carbons (Fsp3) is 0.818. The third-order valence-electron chi connectivity index (χ3n) is 11.6. The minimum atomic E-state index is -4.19. The number of anilines is 1. The lowest BCUT2D eigenvalue weighted by Gasteiger charge is -2.39. The molecule has 0 aromatic carbocycles. The van der Waals surface area contributed by atoms with Crippen LogP contribution in [0, 0.1) is 0 Å². The summed E-state index contributed by atoms with van der Waals surface area (Å²) in [4.78, 5) is 21.5. The molecule has 3 aromatic heterocycles. The summed E-state index contributed by atoms with van der Waals surface area (Å²) in [5.74, 6) is -0.380. The van der Waals surface area contributed by atoms with E-state index < -0.39 is 71.0 Å². The fourth-order valence-corrected chi connectivity index (χ4v) is 12.0. The summed E-state index contributed by atoms with van der Waals surface area (Å²) >= 11 is 6.70. The molecule has 68 heavy (non-hydrogen) atoms. The number of rotatable bonds is 25. The van der Waals surface area contributed by atoms with Crippen LogP contribution in [-0.4, -0.2) is 144 Å². The standard InChI is InChI=1S/C44H76ClN8O12PSi2/c1-14-60-66(55,61-15-2)44(28-56-22-24-67(8,9)10,29-58-27-35-47-50-51(48-35)30-57-23-25-68(11,12)13)59-26-34-37-38(64-43(6,7)63-37)36(62-34)32-20-21-33-39(46-40(45)49-53(32)33)52(31-18-16-17-19-31)41(54)65-42(3,4)5/h20-21,31,34,36-38H,14-19,22-30H2,1-13H3/t34-,36-,37-,38+,44+/m1/s1. The van der Waals surface area contributed by atoms with Crippen LogP contribution in [-0.2, 0) is 64.8 Å². The summed E-state index contributed by atoms with van der Waals surface area (Å²) < 4.78 is 80.1. The predicted molar refractivity (Wildman–Crippen MR) is 260 cm³/mol. The maximum Gasteiger partial charge on any atom is 0.416 e. The lowest BCUT2D eigenvalue weighted by Crippen LogP contribution is -2.47. The number of nitrogens with zero attached hydrogens (tertiary/aromatic N) is 8. The number of carbonyl (C=O) groups is 1. The molecule has 24 heteroatoms. The van der Waals surface area contributed by atoms with Crippen LogP contribution in [0.15, 0.2) is 12.1 Å². The van der Waals surface area contributed by atoms with E-state index in [0.717, 1.165) is 37.8 Å². The van der Waals surface area contributed by atoms with Crippen molar-refractivity contribution < 1.29 is 56.3 Å². The summed E-state index contributed by atoms with van der Waals surface area (Å²) in [6.07, 6.45) is 0.148. The molecule has 0 unspecified atom stereocenters. The van der Waals surface area contributed by atoms with E-state index in [-0.39, 0.29) is 57.7 Å². The Balaban J connectivity index is 1.30. The normalized spacial score (nSPS) is 22.3. The van der Waals surface area contributed by atoms with Crippen molar-refractivity contribution in [2.75, 3.05) is 51.1 Å². The number of amides is 1. The van der Waals surface area contributed by atoms with E-state index in [1.54, 1.807) is 23.3 Å². The highest BCUT2D eigenvalue weighted by molar-refractivity contribution is 7.55. The van der Waals surface area contributed by atoms with Crippen LogP contribution in [0.25, 0.3) is 5.52 Å². The Kier molecular flexibility index (Phi) is 18.2. The van der Waals surface area contributed by atoms with Crippen molar-refractivity contribution in [2.45, 2.75) is 186 Å². The summed E-state index contributed by atoms with van der Waals surface area (Å²) in [7, 11) is -7.00. The lowest BCUT2D eigenvalue weighted by atomic mass is 10.1. The Morgan fingerprint density at radius 2 is 1.56 bits per heavy atom. The van der Waals surface area contributed by atoms with Gasteiger partial charge >= 0.3 is 13.7 Å². The monoisotopic (exact) mass is 1030 g/mol. The Labute approximate surface area is 408 Å². The average molecular weight is 1030 g/mol. The molecule has 5 atom stereocenters. The molecule has 6 rings (SSSR count). The van der Waals surface area contributed by atoms with Crippen LogP contribution in [0.3, 0.4) is 0 Å². The van der Waals surface area contributed by atoms with Gasteiger partial charge < -0.3 is 46.9 Å². The van der Waals surface area contributed by atoms with Crippen molar-refractivity contribution in [2.24, 2.45) is 0 Å². The summed E-state index contributed by atoms with van der Waals surface area (Å²) in [5, 5.41) is 15.5. The summed E-state index contributed by atoms with van der Waals surface area (Å²) in [6, 6.07) is 5.42. The number of halogens is 1. The first-order valence-corrected chi connectivity index (χ1v) is 33.3. The first-order chi connectivity index (χ1) is 31.9. The molecule has 1 saturated carbocycles. The van der Waals surface area contributed by atoms with Gasteiger partial charge in [0.2, 0.25) is 10.6 Å².